The average Bonchev–Trinajstić information content (AvgIpc) is 2.74. The molecule has 15 heavy (non-hydrogen) atoms. The molecule has 2 rings (SSSR count). The van der Waals surface area contributed by atoms with Crippen LogP contribution in [0.15, 0.2) is 0 Å². The molecule has 2 aliphatic rings. The van der Waals surface area contributed by atoms with E-state index in [0.29, 0.717) is 6.42 Å². The van der Waals surface area contributed by atoms with Crippen LogP contribution in [0.1, 0.15) is 19.8 Å². The minimum absolute atomic E-state index is 0.00833. The summed E-state index contributed by atoms with van der Waals surface area (Å²) in [6, 6.07) is 0.0356. The van der Waals surface area contributed by atoms with Crippen LogP contribution in [0.2, 0.25) is 0 Å². The van der Waals surface area contributed by atoms with Crippen molar-refractivity contribution in [2.45, 2.75) is 31.8 Å². The Morgan fingerprint density at radius 1 is 1.53 bits per heavy atom. The molecule has 2 heterocycles. The summed E-state index contributed by atoms with van der Waals surface area (Å²) in [5.41, 5.74) is 0. The molecule has 2 saturated heterocycles. The standard InChI is InChI=1S/C10H16N2O2S/c1-2-8-10(14)11-5-9(13)12(8)7-3-4-15-6-7/h7-8H,2-6H2,1H3,(H,11,14). The van der Waals surface area contributed by atoms with Gasteiger partial charge in [-0.05, 0) is 18.6 Å². The maximum atomic E-state index is 11.8. The lowest BCUT2D eigenvalue weighted by molar-refractivity contribution is -0.147. The normalized spacial score (nSPS) is 31.9. The highest BCUT2D eigenvalue weighted by atomic mass is 32.2. The van der Waals surface area contributed by atoms with E-state index in [1.54, 1.807) is 0 Å². The third-order valence-electron chi connectivity index (χ3n) is 3.03. The molecule has 0 aromatic carbocycles. The molecule has 0 radical (unpaired) electrons. The second kappa shape index (κ2) is 4.43. The Bertz CT molecular complexity index is 277. The van der Waals surface area contributed by atoms with Crippen LogP contribution in [-0.2, 0) is 9.59 Å². The fraction of sp³-hybridized carbons (Fsp3) is 0.800. The molecule has 1 N–H and O–H groups in total. The van der Waals surface area contributed by atoms with Crippen LogP contribution in [0.25, 0.3) is 0 Å². The van der Waals surface area contributed by atoms with E-state index in [1.165, 1.54) is 0 Å². The molecule has 84 valence electrons. The summed E-state index contributed by atoms with van der Waals surface area (Å²) in [5.74, 6) is 2.17. The summed E-state index contributed by atoms with van der Waals surface area (Å²) in [6.45, 7) is 2.13. The lowest BCUT2D eigenvalue weighted by Crippen LogP contribution is -2.61. The smallest absolute Gasteiger partial charge is 0.243 e. The van der Waals surface area contributed by atoms with Crippen molar-refractivity contribution in [1.82, 2.24) is 10.2 Å². The number of nitrogens with zero attached hydrogens (tertiary/aromatic N) is 1. The molecule has 0 bridgehead atoms. The maximum Gasteiger partial charge on any atom is 0.243 e. The first-order valence-corrected chi connectivity index (χ1v) is 6.56. The van der Waals surface area contributed by atoms with Crippen LogP contribution in [0.4, 0.5) is 0 Å². The Labute approximate surface area is 93.8 Å². The topological polar surface area (TPSA) is 49.4 Å². The van der Waals surface area contributed by atoms with Crippen molar-refractivity contribution < 1.29 is 9.59 Å². The summed E-state index contributed by atoms with van der Waals surface area (Å²) < 4.78 is 0. The van der Waals surface area contributed by atoms with Crippen LogP contribution in [0.5, 0.6) is 0 Å². The van der Waals surface area contributed by atoms with E-state index in [1.807, 2.05) is 23.6 Å². The highest BCUT2D eigenvalue weighted by Gasteiger charge is 2.38. The van der Waals surface area contributed by atoms with Crippen molar-refractivity contribution in [2.24, 2.45) is 0 Å². The molecular weight excluding hydrogens is 212 g/mol. The Kier molecular flexibility index (Phi) is 3.19. The molecule has 0 aliphatic carbocycles. The molecule has 0 saturated carbocycles. The Hall–Kier alpha value is -0.710. The van der Waals surface area contributed by atoms with Crippen molar-refractivity contribution in [3.05, 3.63) is 0 Å². The molecule has 2 unspecified atom stereocenters. The van der Waals surface area contributed by atoms with Crippen molar-refractivity contribution in [3.63, 3.8) is 0 Å². The summed E-state index contributed by atoms with van der Waals surface area (Å²) in [5, 5.41) is 2.65. The average molecular weight is 228 g/mol. The van der Waals surface area contributed by atoms with Crippen molar-refractivity contribution in [2.75, 3.05) is 18.1 Å². The molecule has 2 aliphatic heterocycles. The maximum absolute atomic E-state index is 11.8. The van der Waals surface area contributed by atoms with Gasteiger partial charge in [0.05, 0.1) is 6.54 Å². The van der Waals surface area contributed by atoms with Gasteiger partial charge in [0.2, 0.25) is 11.8 Å². The summed E-state index contributed by atoms with van der Waals surface area (Å²) in [7, 11) is 0. The largest absolute Gasteiger partial charge is 0.345 e. The number of amides is 2. The van der Waals surface area contributed by atoms with Gasteiger partial charge in [0.15, 0.2) is 0 Å². The second-order valence-corrected chi connectivity index (χ2v) is 5.11. The van der Waals surface area contributed by atoms with Gasteiger partial charge >= 0.3 is 0 Å². The predicted molar refractivity (Wildman–Crippen MR) is 59.7 cm³/mol. The minimum atomic E-state index is -0.241. The number of piperazine rings is 1. The highest BCUT2D eigenvalue weighted by molar-refractivity contribution is 7.99. The van der Waals surface area contributed by atoms with E-state index in [0.717, 1.165) is 17.9 Å². The van der Waals surface area contributed by atoms with E-state index >= 15 is 0 Å². The molecular formula is C10H16N2O2S. The number of nitrogens with one attached hydrogen (secondary N) is 1. The van der Waals surface area contributed by atoms with Crippen LogP contribution < -0.4 is 5.32 Å². The molecule has 4 nitrogen and oxygen atoms in total. The molecule has 0 aromatic rings. The molecule has 0 aromatic heterocycles. The van der Waals surface area contributed by atoms with Crippen LogP contribution in [0.3, 0.4) is 0 Å². The van der Waals surface area contributed by atoms with Gasteiger partial charge in [-0.25, -0.2) is 0 Å². The molecule has 0 spiro atoms. The highest BCUT2D eigenvalue weighted by Crippen LogP contribution is 2.26. The molecule has 2 fully saturated rings. The van der Waals surface area contributed by atoms with E-state index in [-0.39, 0.29) is 30.4 Å². The van der Waals surface area contributed by atoms with Gasteiger partial charge in [-0.1, -0.05) is 6.92 Å². The number of carbonyl (C=O) groups excluding carboxylic acids is 2. The quantitative estimate of drug-likeness (QED) is 0.736. The number of carbonyl (C=O) groups is 2. The summed E-state index contributed by atoms with van der Waals surface area (Å²) in [6.07, 6.45) is 1.74. The van der Waals surface area contributed by atoms with Crippen molar-refractivity contribution in [3.8, 4) is 0 Å². The Morgan fingerprint density at radius 3 is 2.93 bits per heavy atom. The number of hydrogen-bond acceptors (Lipinski definition) is 3. The lowest BCUT2D eigenvalue weighted by atomic mass is 10.1. The zero-order valence-corrected chi connectivity index (χ0v) is 9.68. The van der Waals surface area contributed by atoms with Gasteiger partial charge in [0.1, 0.15) is 6.04 Å². The number of thioether (sulfide) groups is 1. The lowest BCUT2D eigenvalue weighted by Gasteiger charge is -2.38. The van der Waals surface area contributed by atoms with Gasteiger partial charge in [0, 0.05) is 11.8 Å². The fourth-order valence-corrected chi connectivity index (χ4v) is 3.46. The summed E-state index contributed by atoms with van der Waals surface area (Å²) >= 11 is 1.87. The first kappa shape index (κ1) is 10.8. The summed E-state index contributed by atoms with van der Waals surface area (Å²) in [4.78, 5) is 25.2. The monoisotopic (exact) mass is 228 g/mol. The van der Waals surface area contributed by atoms with Gasteiger partial charge < -0.3 is 10.2 Å². The molecule has 2 atom stereocenters. The predicted octanol–water partition coefficient (Wildman–Crippen LogP) is 0.229. The SMILES string of the molecule is CCC1C(=O)NCC(=O)N1C1CCSC1. The van der Waals surface area contributed by atoms with E-state index in [2.05, 4.69) is 5.32 Å². The van der Waals surface area contributed by atoms with Crippen molar-refractivity contribution >= 4 is 23.6 Å². The minimum Gasteiger partial charge on any atom is -0.345 e. The zero-order valence-electron chi connectivity index (χ0n) is 8.86. The molecule has 2 amide bonds. The van der Waals surface area contributed by atoms with Gasteiger partial charge in [-0.15, -0.1) is 0 Å². The van der Waals surface area contributed by atoms with Crippen molar-refractivity contribution in [1.29, 1.82) is 0 Å². The Balaban J connectivity index is 2.15. The second-order valence-electron chi connectivity index (χ2n) is 3.96. The Morgan fingerprint density at radius 2 is 2.33 bits per heavy atom. The fourth-order valence-electron chi connectivity index (χ4n) is 2.25. The first-order chi connectivity index (χ1) is 7.24. The zero-order chi connectivity index (χ0) is 10.8. The van der Waals surface area contributed by atoms with Gasteiger partial charge in [-0.2, -0.15) is 11.8 Å². The number of rotatable bonds is 2. The third-order valence-corrected chi connectivity index (χ3v) is 4.17. The third kappa shape index (κ3) is 1.97. The first-order valence-electron chi connectivity index (χ1n) is 5.40. The van der Waals surface area contributed by atoms with Crippen LogP contribution in [-0.4, -0.2) is 46.8 Å². The van der Waals surface area contributed by atoms with Gasteiger partial charge in [0.25, 0.3) is 0 Å². The van der Waals surface area contributed by atoms with E-state index in [9.17, 15) is 9.59 Å². The number of hydrogen-bond donors (Lipinski definition) is 1. The molecule has 5 heteroatoms. The van der Waals surface area contributed by atoms with Gasteiger partial charge in [-0.3, -0.25) is 9.59 Å². The van der Waals surface area contributed by atoms with E-state index in [4.69, 9.17) is 0 Å². The van der Waals surface area contributed by atoms with Crippen LogP contribution >= 0.6 is 11.8 Å². The van der Waals surface area contributed by atoms with E-state index < -0.39 is 0 Å². The van der Waals surface area contributed by atoms with Crippen LogP contribution in [0, 0.1) is 0 Å².